The molecule has 194 valence electrons. The Morgan fingerprint density at radius 2 is 1.43 bits per heavy atom. The van der Waals surface area contributed by atoms with E-state index < -0.39 is 22.0 Å². The van der Waals surface area contributed by atoms with Crippen molar-refractivity contribution >= 4 is 33.4 Å². The highest BCUT2D eigenvalue weighted by molar-refractivity contribution is 7.89. The molecule has 37 heavy (non-hydrogen) atoms. The Bertz CT molecular complexity index is 1340. The van der Waals surface area contributed by atoms with Gasteiger partial charge in [0.15, 0.2) is 0 Å². The first kappa shape index (κ1) is 26.4. The third-order valence-electron chi connectivity index (χ3n) is 6.46. The summed E-state index contributed by atoms with van der Waals surface area (Å²) >= 11 is 0. The fourth-order valence-corrected chi connectivity index (χ4v) is 6.06. The summed E-state index contributed by atoms with van der Waals surface area (Å²) in [5, 5.41) is 15.0. The minimum Gasteiger partial charge on any atom is -0.480 e. The summed E-state index contributed by atoms with van der Waals surface area (Å²) in [6.07, 6.45) is 4.15. The van der Waals surface area contributed by atoms with Gasteiger partial charge in [0.25, 0.3) is 0 Å². The van der Waals surface area contributed by atoms with Gasteiger partial charge in [-0.1, -0.05) is 49.7 Å². The number of benzene rings is 3. The van der Waals surface area contributed by atoms with E-state index in [0.29, 0.717) is 24.2 Å². The van der Waals surface area contributed by atoms with Gasteiger partial charge in [-0.15, -0.1) is 0 Å². The minimum atomic E-state index is -3.89. The molecule has 0 radical (unpaired) electrons. The molecule has 0 aliphatic carbocycles. The highest BCUT2D eigenvalue weighted by atomic mass is 32.2. The van der Waals surface area contributed by atoms with Crippen molar-refractivity contribution < 1.29 is 23.1 Å². The summed E-state index contributed by atoms with van der Waals surface area (Å²) in [6.45, 7) is 2.36. The first-order valence-corrected chi connectivity index (χ1v) is 13.8. The molecule has 0 bridgehead atoms. The molecular weight excluding hydrogens is 490 g/mol. The molecule has 1 heterocycles. The Morgan fingerprint density at radius 3 is 1.97 bits per heavy atom. The molecule has 0 unspecified atom stereocenters. The van der Waals surface area contributed by atoms with Gasteiger partial charge < -0.3 is 15.7 Å². The first-order chi connectivity index (χ1) is 17.8. The number of carboxylic acid groups (broad SMARTS) is 1. The number of urea groups is 1. The van der Waals surface area contributed by atoms with E-state index in [1.165, 1.54) is 17.7 Å². The first-order valence-electron chi connectivity index (χ1n) is 12.4. The topological polar surface area (TPSA) is 116 Å². The number of carbonyl (C=O) groups is 2. The summed E-state index contributed by atoms with van der Waals surface area (Å²) in [5.41, 5.74) is 4.23. The van der Waals surface area contributed by atoms with Crippen LogP contribution in [0.25, 0.3) is 11.1 Å². The number of hydrogen-bond acceptors (Lipinski definition) is 4. The number of hydrogen-bond donors (Lipinski definition) is 3. The Morgan fingerprint density at radius 1 is 0.892 bits per heavy atom. The van der Waals surface area contributed by atoms with E-state index in [-0.39, 0.29) is 17.5 Å². The second-order valence-corrected chi connectivity index (χ2v) is 11.0. The molecule has 0 saturated carbocycles. The third kappa shape index (κ3) is 6.36. The summed E-state index contributed by atoms with van der Waals surface area (Å²) in [6, 6.07) is 20.1. The molecule has 9 heteroatoms. The van der Waals surface area contributed by atoms with Gasteiger partial charge in [-0.2, -0.15) is 4.31 Å². The molecule has 1 aliphatic heterocycles. The van der Waals surface area contributed by atoms with Gasteiger partial charge in [0, 0.05) is 17.9 Å². The Hall–Kier alpha value is -3.69. The van der Waals surface area contributed by atoms with Crippen LogP contribution in [0, 0.1) is 0 Å². The van der Waals surface area contributed by atoms with E-state index >= 15 is 0 Å². The molecule has 8 nitrogen and oxygen atoms in total. The number of nitrogens with zero attached hydrogens (tertiary/aromatic N) is 1. The highest BCUT2D eigenvalue weighted by Gasteiger charge is 2.39. The SMILES string of the molecule is CCCCc1ccc(NC(=O)Nc2ccc(-c3ccc(S(=O)(=O)N4CCC[C@H]4C(=O)O)cc3)cc2)cc1. The van der Waals surface area contributed by atoms with Gasteiger partial charge >= 0.3 is 12.0 Å². The van der Waals surface area contributed by atoms with Gasteiger partial charge in [-0.05, 0) is 78.8 Å². The zero-order valence-electron chi connectivity index (χ0n) is 20.7. The maximum Gasteiger partial charge on any atom is 0.323 e. The van der Waals surface area contributed by atoms with Crippen LogP contribution in [0.2, 0.25) is 0 Å². The lowest BCUT2D eigenvalue weighted by Crippen LogP contribution is -2.40. The second kappa shape index (κ2) is 11.6. The maximum atomic E-state index is 13.0. The van der Waals surface area contributed by atoms with Crippen LogP contribution in [-0.2, 0) is 21.2 Å². The lowest BCUT2D eigenvalue weighted by molar-refractivity contribution is -0.140. The van der Waals surface area contributed by atoms with Crippen LogP contribution >= 0.6 is 0 Å². The normalized spacial score (nSPS) is 15.9. The van der Waals surface area contributed by atoms with Gasteiger partial charge in [0.1, 0.15) is 6.04 Å². The zero-order valence-corrected chi connectivity index (χ0v) is 21.5. The second-order valence-electron chi connectivity index (χ2n) is 9.09. The minimum absolute atomic E-state index is 0.0674. The van der Waals surface area contributed by atoms with Crippen molar-refractivity contribution in [3.63, 3.8) is 0 Å². The van der Waals surface area contributed by atoms with Crippen molar-refractivity contribution in [3.8, 4) is 11.1 Å². The predicted molar refractivity (Wildman–Crippen MR) is 144 cm³/mol. The molecular formula is C28H31N3O5S. The molecule has 3 aromatic carbocycles. The molecule has 0 spiro atoms. The van der Waals surface area contributed by atoms with Crippen LogP contribution in [0.4, 0.5) is 16.2 Å². The van der Waals surface area contributed by atoms with E-state index in [2.05, 4.69) is 17.6 Å². The fraction of sp³-hybridized carbons (Fsp3) is 0.286. The molecule has 1 aliphatic rings. The van der Waals surface area contributed by atoms with E-state index in [0.717, 1.165) is 34.7 Å². The fourth-order valence-electron chi connectivity index (χ4n) is 4.40. The van der Waals surface area contributed by atoms with Gasteiger partial charge in [0.05, 0.1) is 4.90 Å². The Balaban J connectivity index is 1.37. The van der Waals surface area contributed by atoms with Crippen LogP contribution < -0.4 is 10.6 Å². The van der Waals surface area contributed by atoms with Gasteiger partial charge in [0.2, 0.25) is 10.0 Å². The smallest absolute Gasteiger partial charge is 0.323 e. The number of aryl methyl sites for hydroxylation is 1. The number of carboxylic acids is 1. The lowest BCUT2D eigenvalue weighted by atomic mass is 10.1. The Kier molecular flexibility index (Phi) is 8.25. The molecule has 3 N–H and O–H groups in total. The number of sulfonamides is 1. The average Bonchev–Trinajstić information content (AvgIpc) is 3.40. The molecule has 3 aromatic rings. The molecule has 2 amide bonds. The van der Waals surface area contributed by atoms with E-state index in [4.69, 9.17) is 0 Å². The third-order valence-corrected chi connectivity index (χ3v) is 8.38. The van der Waals surface area contributed by atoms with Crippen LogP contribution in [0.1, 0.15) is 38.2 Å². The average molecular weight is 522 g/mol. The van der Waals surface area contributed by atoms with E-state index in [9.17, 15) is 23.1 Å². The maximum absolute atomic E-state index is 13.0. The molecule has 1 atom stereocenters. The van der Waals surface area contributed by atoms with Crippen LogP contribution in [0.15, 0.2) is 77.7 Å². The number of carbonyl (C=O) groups excluding carboxylic acids is 1. The summed E-state index contributed by atoms with van der Waals surface area (Å²) < 4.78 is 27.0. The zero-order chi connectivity index (χ0) is 26.4. The van der Waals surface area contributed by atoms with Crippen molar-refractivity contribution in [2.45, 2.75) is 50.0 Å². The van der Waals surface area contributed by atoms with Gasteiger partial charge in [-0.25, -0.2) is 13.2 Å². The van der Waals surface area contributed by atoms with E-state index in [1.54, 1.807) is 24.3 Å². The largest absolute Gasteiger partial charge is 0.480 e. The van der Waals surface area contributed by atoms with Gasteiger partial charge in [-0.3, -0.25) is 4.79 Å². The van der Waals surface area contributed by atoms with Crippen molar-refractivity contribution in [2.24, 2.45) is 0 Å². The number of rotatable bonds is 9. The number of nitrogens with one attached hydrogen (secondary N) is 2. The highest BCUT2D eigenvalue weighted by Crippen LogP contribution is 2.28. The Labute approximate surface area is 217 Å². The number of anilines is 2. The number of aliphatic carboxylic acids is 1. The molecule has 4 rings (SSSR count). The number of unbranched alkanes of at least 4 members (excludes halogenated alkanes) is 1. The number of amides is 2. The van der Waals surface area contributed by atoms with Crippen molar-refractivity contribution in [1.82, 2.24) is 4.31 Å². The van der Waals surface area contributed by atoms with Crippen molar-refractivity contribution in [3.05, 3.63) is 78.4 Å². The molecule has 1 fully saturated rings. The molecule has 0 aromatic heterocycles. The molecule has 1 saturated heterocycles. The van der Waals surface area contributed by atoms with Crippen molar-refractivity contribution in [2.75, 3.05) is 17.2 Å². The monoisotopic (exact) mass is 521 g/mol. The predicted octanol–water partition coefficient (Wildman–Crippen LogP) is 5.58. The van der Waals surface area contributed by atoms with Crippen molar-refractivity contribution in [1.29, 1.82) is 0 Å². The van der Waals surface area contributed by atoms with Crippen LogP contribution in [-0.4, -0.2) is 42.4 Å². The van der Waals surface area contributed by atoms with Crippen LogP contribution in [0.5, 0.6) is 0 Å². The summed E-state index contributed by atoms with van der Waals surface area (Å²) in [7, 11) is -3.89. The van der Waals surface area contributed by atoms with Crippen LogP contribution in [0.3, 0.4) is 0 Å². The summed E-state index contributed by atoms with van der Waals surface area (Å²) in [5.74, 6) is -1.12. The quantitative estimate of drug-likeness (QED) is 0.340. The summed E-state index contributed by atoms with van der Waals surface area (Å²) in [4.78, 5) is 23.9. The standard InChI is InChI=1S/C28H31N3O5S/c1-2-3-5-20-7-13-23(14-8-20)29-28(34)30-24-15-9-21(10-16-24)22-11-17-25(18-12-22)37(35,36)31-19-4-6-26(31)27(32)33/h7-18,26H,2-6,19H2,1H3,(H,32,33)(H2,29,30,34)/t26-/m0/s1. The van der Waals surface area contributed by atoms with E-state index in [1.807, 2.05) is 36.4 Å². The lowest BCUT2D eigenvalue weighted by Gasteiger charge is -2.21.